The first-order valence-corrected chi connectivity index (χ1v) is 11.2. The van der Waals surface area contributed by atoms with Gasteiger partial charge in [0.25, 0.3) is 12.9 Å². The smallest absolute Gasteiger partial charge is 0.410 e. The van der Waals surface area contributed by atoms with E-state index in [9.17, 15) is 31.9 Å². The Balaban J connectivity index is 0.000000676. The van der Waals surface area contributed by atoms with Crippen molar-refractivity contribution in [3.63, 3.8) is 0 Å². The maximum absolute atomic E-state index is 12.1. The lowest BCUT2D eigenvalue weighted by molar-refractivity contribution is -0.127. The maximum Gasteiger partial charge on any atom is 0.410 e. The van der Waals surface area contributed by atoms with Crippen LogP contribution in [0.15, 0.2) is 0 Å². The van der Waals surface area contributed by atoms with E-state index in [-0.39, 0.29) is 30.8 Å². The van der Waals surface area contributed by atoms with Crippen LogP contribution in [-0.4, -0.2) is 80.5 Å². The van der Waals surface area contributed by atoms with Gasteiger partial charge in [0.15, 0.2) is 0 Å². The number of alkyl halides is 4. The lowest BCUT2D eigenvalue weighted by Gasteiger charge is -2.33. The topological polar surface area (TPSA) is 99.8 Å². The summed E-state index contributed by atoms with van der Waals surface area (Å²) in [5.74, 6) is -1.27. The number of rotatable bonds is 6. The van der Waals surface area contributed by atoms with E-state index in [1.165, 1.54) is 4.90 Å². The van der Waals surface area contributed by atoms with Gasteiger partial charge in [-0.2, -0.15) is 0 Å². The zero-order valence-electron chi connectivity index (χ0n) is 19.9. The van der Waals surface area contributed by atoms with Gasteiger partial charge >= 0.3 is 6.09 Å². The van der Waals surface area contributed by atoms with Crippen LogP contribution in [0, 0.1) is 11.8 Å². The van der Waals surface area contributed by atoms with E-state index in [0.717, 1.165) is 19.4 Å². The van der Waals surface area contributed by atoms with Crippen LogP contribution in [0.5, 0.6) is 0 Å². The number of piperidine rings is 2. The number of nitrogens with zero attached hydrogens (tertiary/aromatic N) is 1. The highest BCUT2D eigenvalue weighted by molar-refractivity contribution is 5.85. The van der Waals surface area contributed by atoms with Gasteiger partial charge in [-0.1, -0.05) is 0 Å². The van der Waals surface area contributed by atoms with Crippen molar-refractivity contribution < 1.29 is 36.7 Å². The third-order valence-electron chi connectivity index (χ3n) is 4.97. The molecule has 0 saturated carbocycles. The molecule has 0 bridgehead atoms. The van der Waals surface area contributed by atoms with Crippen LogP contribution >= 0.6 is 12.4 Å². The van der Waals surface area contributed by atoms with Crippen molar-refractivity contribution in [1.29, 1.82) is 0 Å². The fourth-order valence-electron chi connectivity index (χ4n) is 3.40. The second-order valence-corrected chi connectivity index (χ2v) is 9.08. The molecule has 0 aromatic carbocycles. The number of nitrogens with one attached hydrogen (secondary N) is 3. The highest BCUT2D eigenvalue weighted by Gasteiger charge is 2.31. The van der Waals surface area contributed by atoms with Gasteiger partial charge in [-0.05, 0) is 53.0 Å². The molecular weight excluding hydrogens is 484 g/mol. The number of carbonyl (C=O) groups excluding carboxylic acids is 3. The molecule has 2 saturated heterocycles. The molecule has 0 aromatic heterocycles. The molecule has 13 heteroatoms. The summed E-state index contributed by atoms with van der Waals surface area (Å²) in [6.07, 6.45) is -2.51. The van der Waals surface area contributed by atoms with Gasteiger partial charge in [-0.3, -0.25) is 9.59 Å². The number of likely N-dealkylation sites (tertiary alicyclic amines) is 1. The Morgan fingerprint density at radius 3 is 1.97 bits per heavy atom. The predicted molar refractivity (Wildman–Crippen MR) is 121 cm³/mol. The Labute approximate surface area is 204 Å². The van der Waals surface area contributed by atoms with Crippen molar-refractivity contribution in [3.8, 4) is 0 Å². The van der Waals surface area contributed by atoms with Crippen molar-refractivity contribution in [2.75, 3.05) is 39.3 Å². The Bertz CT molecular complexity index is 632. The van der Waals surface area contributed by atoms with Crippen molar-refractivity contribution >= 4 is 30.3 Å². The molecule has 0 unspecified atom stereocenters. The van der Waals surface area contributed by atoms with E-state index in [4.69, 9.17) is 4.74 Å². The lowest BCUT2D eigenvalue weighted by atomic mass is 9.97. The highest BCUT2D eigenvalue weighted by atomic mass is 35.5. The molecule has 2 fully saturated rings. The number of hydrogen-bond donors (Lipinski definition) is 3. The Hall–Kier alpha value is -1.82. The van der Waals surface area contributed by atoms with Crippen LogP contribution in [0.3, 0.4) is 0 Å². The molecule has 2 aliphatic heterocycles. The predicted octanol–water partition coefficient (Wildman–Crippen LogP) is 2.80. The number of amides is 3. The van der Waals surface area contributed by atoms with Gasteiger partial charge in [-0.15, -0.1) is 12.4 Å². The molecule has 0 radical (unpaired) electrons. The Morgan fingerprint density at radius 1 is 0.971 bits per heavy atom. The van der Waals surface area contributed by atoms with Gasteiger partial charge in [0.1, 0.15) is 5.60 Å². The minimum atomic E-state index is -2.57. The quantitative estimate of drug-likeness (QED) is 0.468. The molecule has 3 N–H and O–H groups in total. The number of carbonyl (C=O) groups is 3. The van der Waals surface area contributed by atoms with Crippen molar-refractivity contribution in [1.82, 2.24) is 20.9 Å². The molecule has 2 heterocycles. The number of halogens is 5. The van der Waals surface area contributed by atoms with E-state index in [1.54, 1.807) is 20.8 Å². The second-order valence-electron chi connectivity index (χ2n) is 9.08. The molecule has 0 aliphatic carbocycles. The third-order valence-corrected chi connectivity index (χ3v) is 4.97. The standard InChI is InChI=1S/C13H22F2N2O3.C8H14F2N2O.ClH/c1-13(2,3)20-12(19)17-6-4-5-9(8-17)11(18)16-7-10(14)15;9-7(10)5-12-8(13)6-2-1-3-11-4-6;/h9-10H,4-8H2,1-3H3,(H,16,18);6-7,11H,1-5H2,(H,12,13);1H/t9-;6-;/m00./s1. The summed E-state index contributed by atoms with van der Waals surface area (Å²) in [5, 5.41) is 7.47. The molecule has 8 nitrogen and oxygen atoms in total. The van der Waals surface area contributed by atoms with Crippen LogP contribution in [0.25, 0.3) is 0 Å². The van der Waals surface area contributed by atoms with Gasteiger partial charge in [0.05, 0.1) is 24.9 Å². The van der Waals surface area contributed by atoms with Crippen LogP contribution in [0.4, 0.5) is 22.4 Å². The summed E-state index contributed by atoms with van der Waals surface area (Å²) in [6.45, 7) is 6.37. The molecule has 2 rings (SSSR count). The van der Waals surface area contributed by atoms with Gasteiger partial charge in [0, 0.05) is 19.6 Å². The van der Waals surface area contributed by atoms with Crippen LogP contribution < -0.4 is 16.0 Å². The van der Waals surface area contributed by atoms with Gasteiger partial charge in [-0.25, -0.2) is 22.4 Å². The third kappa shape index (κ3) is 13.8. The molecular formula is C21H37ClF4N4O4. The van der Waals surface area contributed by atoms with Crippen molar-refractivity contribution in [2.24, 2.45) is 11.8 Å². The SMILES string of the molecule is CC(C)(C)OC(=O)N1CCC[C@H](C(=O)NCC(F)F)C1.Cl.O=C(NCC(F)F)[C@H]1CCCNC1. The summed E-state index contributed by atoms with van der Waals surface area (Å²) in [6, 6.07) is 0. The molecule has 34 heavy (non-hydrogen) atoms. The number of ether oxygens (including phenoxy) is 1. The summed E-state index contributed by atoms with van der Waals surface area (Å²) in [4.78, 5) is 36.3. The van der Waals surface area contributed by atoms with Crippen LogP contribution in [0.1, 0.15) is 46.5 Å². The fourth-order valence-corrected chi connectivity index (χ4v) is 3.40. The van der Waals surface area contributed by atoms with E-state index in [2.05, 4.69) is 16.0 Å². The molecule has 3 amide bonds. The van der Waals surface area contributed by atoms with Crippen molar-refractivity contribution in [2.45, 2.75) is 64.9 Å². The van der Waals surface area contributed by atoms with E-state index in [0.29, 0.717) is 25.9 Å². The summed E-state index contributed by atoms with van der Waals surface area (Å²) >= 11 is 0. The van der Waals surface area contributed by atoms with Crippen molar-refractivity contribution in [3.05, 3.63) is 0 Å². The largest absolute Gasteiger partial charge is 0.444 e. The molecule has 0 spiro atoms. The van der Waals surface area contributed by atoms with Gasteiger partial charge in [0.2, 0.25) is 11.8 Å². The minimum Gasteiger partial charge on any atom is -0.444 e. The monoisotopic (exact) mass is 520 g/mol. The van der Waals surface area contributed by atoms with Crippen LogP contribution in [-0.2, 0) is 14.3 Å². The Kier molecular flexibility index (Phi) is 15.1. The molecule has 2 atom stereocenters. The average Bonchev–Trinajstić information content (AvgIpc) is 2.75. The highest BCUT2D eigenvalue weighted by Crippen LogP contribution is 2.19. The zero-order chi connectivity index (χ0) is 25.0. The normalized spacial score (nSPS) is 20.6. The van der Waals surface area contributed by atoms with E-state index in [1.807, 2.05) is 0 Å². The summed E-state index contributed by atoms with van der Waals surface area (Å²) in [5.41, 5.74) is -0.595. The summed E-state index contributed by atoms with van der Waals surface area (Å²) < 4.78 is 52.8. The maximum atomic E-state index is 12.1. The summed E-state index contributed by atoms with van der Waals surface area (Å²) in [7, 11) is 0. The Morgan fingerprint density at radius 2 is 1.50 bits per heavy atom. The van der Waals surface area contributed by atoms with Crippen LogP contribution in [0.2, 0.25) is 0 Å². The zero-order valence-corrected chi connectivity index (χ0v) is 20.7. The average molecular weight is 521 g/mol. The second kappa shape index (κ2) is 16.0. The number of hydrogen-bond acceptors (Lipinski definition) is 5. The fraction of sp³-hybridized carbons (Fsp3) is 0.857. The van der Waals surface area contributed by atoms with E-state index < -0.39 is 49.5 Å². The first kappa shape index (κ1) is 32.2. The first-order valence-electron chi connectivity index (χ1n) is 11.2. The molecule has 0 aromatic rings. The first-order chi connectivity index (χ1) is 15.4. The molecule has 2 aliphatic rings. The molecule has 200 valence electrons. The lowest BCUT2D eigenvalue weighted by Crippen LogP contribution is -2.47. The van der Waals surface area contributed by atoms with E-state index >= 15 is 0 Å². The minimum absolute atomic E-state index is 0. The van der Waals surface area contributed by atoms with Gasteiger partial charge < -0.3 is 25.6 Å².